The predicted molar refractivity (Wildman–Crippen MR) is 89.1 cm³/mol. The molecule has 126 valence electrons. The Bertz CT molecular complexity index is 578. The van der Waals surface area contributed by atoms with Crippen LogP contribution in [0.4, 0.5) is 0 Å². The Labute approximate surface area is 137 Å². The van der Waals surface area contributed by atoms with Gasteiger partial charge < -0.3 is 15.4 Å². The predicted octanol–water partition coefficient (Wildman–Crippen LogP) is 2.18. The first kappa shape index (κ1) is 17.3. The van der Waals surface area contributed by atoms with E-state index in [-0.39, 0.29) is 17.7 Å². The highest BCUT2D eigenvalue weighted by Crippen LogP contribution is 2.24. The topological polar surface area (TPSA) is 72.6 Å². The highest BCUT2D eigenvalue weighted by molar-refractivity contribution is 5.82. The maximum atomic E-state index is 12.7. The number of hydrogen-bond donors (Lipinski definition) is 1. The van der Waals surface area contributed by atoms with E-state index < -0.39 is 6.10 Å². The molecule has 0 aromatic heterocycles. The second-order valence-corrected chi connectivity index (χ2v) is 6.21. The van der Waals surface area contributed by atoms with E-state index in [9.17, 15) is 9.59 Å². The normalized spacial score (nSPS) is 16.9. The maximum absolute atomic E-state index is 12.7. The number of aryl methyl sites for hydroxylation is 1. The van der Waals surface area contributed by atoms with Crippen LogP contribution in [0.3, 0.4) is 0 Å². The van der Waals surface area contributed by atoms with Crippen LogP contribution in [0.2, 0.25) is 0 Å². The Morgan fingerprint density at radius 1 is 1.30 bits per heavy atom. The molecule has 1 aromatic carbocycles. The maximum Gasteiger partial charge on any atom is 0.263 e. The van der Waals surface area contributed by atoms with Gasteiger partial charge in [0, 0.05) is 19.0 Å². The van der Waals surface area contributed by atoms with Crippen LogP contribution in [-0.4, -0.2) is 35.9 Å². The van der Waals surface area contributed by atoms with Crippen molar-refractivity contribution in [3.8, 4) is 5.75 Å². The Hall–Kier alpha value is -2.04. The van der Waals surface area contributed by atoms with Gasteiger partial charge in [-0.3, -0.25) is 9.59 Å². The summed E-state index contributed by atoms with van der Waals surface area (Å²) in [6.45, 7) is 7.11. The number of carbonyl (C=O) groups excluding carboxylic acids is 2. The summed E-state index contributed by atoms with van der Waals surface area (Å²) in [6, 6.07) is 5.87. The van der Waals surface area contributed by atoms with E-state index in [4.69, 9.17) is 10.5 Å². The van der Waals surface area contributed by atoms with Gasteiger partial charge in [-0.25, -0.2) is 0 Å². The van der Waals surface area contributed by atoms with Gasteiger partial charge in [0.2, 0.25) is 5.91 Å². The minimum absolute atomic E-state index is 0.00340. The van der Waals surface area contributed by atoms with Crippen molar-refractivity contribution in [2.75, 3.05) is 13.1 Å². The molecule has 0 radical (unpaired) electrons. The van der Waals surface area contributed by atoms with Crippen molar-refractivity contribution in [3.63, 3.8) is 0 Å². The quantitative estimate of drug-likeness (QED) is 0.904. The zero-order chi connectivity index (χ0) is 17.0. The molecule has 2 rings (SSSR count). The van der Waals surface area contributed by atoms with E-state index in [1.165, 1.54) is 0 Å². The molecule has 1 heterocycles. The molecular weight excluding hydrogens is 292 g/mol. The standard InChI is InChI=1S/C18H26N2O3/c1-4-15(23-16-7-5-6-12(2)13(16)3)18(22)20-10-8-14(9-11-20)17(19)21/h5-7,14-15H,4,8-11H2,1-3H3,(H2,19,21)/t15-/m0/s1. The lowest BCUT2D eigenvalue weighted by atomic mass is 9.96. The summed E-state index contributed by atoms with van der Waals surface area (Å²) in [7, 11) is 0. The third-order valence-electron chi connectivity index (χ3n) is 4.68. The van der Waals surface area contributed by atoms with Gasteiger partial charge in [0.05, 0.1) is 0 Å². The third-order valence-corrected chi connectivity index (χ3v) is 4.68. The van der Waals surface area contributed by atoms with Crippen LogP contribution in [-0.2, 0) is 9.59 Å². The summed E-state index contributed by atoms with van der Waals surface area (Å²) >= 11 is 0. The van der Waals surface area contributed by atoms with E-state index >= 15 is 0 Å². The van der Waals surface area contributed by atoms with Crippen LogP contribution in [0.25, 0.3) is 0 Å². The molecule has 23 heavy (non-hydrogen) atoms. The molecule has 0 unspecified atom stereocenters. The molecule has 1 atom stereocenters. The summed E-state index contributed by atoms with van der Waals surface area (Å²) in [5.74, 6) is 0.378. The molecule has 0 spiro atoms. The van der Waals surface area contributed by atoms with Gasteiger partial charge in [0.25, 0.3) is 5.91 Å². The number of primary amides is 1. The second kappa shape index (κ2) is 7.49. The van der Waals surface area contributed by atoms with E-state index in [1.807, 2.05) is 39.0 Å². The van der Waals surface area contributed by atoms with Crippen molar-refractivity contribution in [1.29, 1.82) is 0 Å². The first-order valence-corrected chi connectivity index (χ1v) is 8.25. The summed E-state index contributed by atoms with van der Waals surface area (Å²) < 4.78 is 5.98. The van der Waals surface area contributed by atoms with E-state index in [1.54, 1.807) is 4.90 Å². The SMILES string of the molecule is CC[C@H](Oc1cccc(C)c1C)C(=O)N1CCC(C(N)=O)CC1. The van der Waals surface area contributed by atoms with E-state index in [2.05, 4.69) is 0 Å². The fourth-order valence-corrected chi connectivity index (χ4v) is 2.90. The smallest absolute Gasteiger partial charge is 0.263 e. The molecule has 5 heteroatoms. The summed E-state index contributed by atoms with van der Waals surface area (Å²) in [6.07, 6.45) is 1.41. The molecule has 1 aliphatic heterocycles. The minimum Gasteiger partial charge on any atom is -0.480 e. The molecule has 2 amide bonds. The average Bonchev–Trinajstić information content (AvgIpc) is 2.55. The number of nitrogens with zero attached hydrogens (tertiary/aromatic N) is 1. The lowest BCUT2D eigenvalue weighted by Gasteiger charge is -2.33. The first-order valence-electron chi connectivity index (χ1n) is 8.25. The highest BCUT2D eigenvalue weighted by atomic mass is 16.5. The number of piperidine rings is 1. The molecule has 1 fully saturated rings. The largest absolute Gasteiger partial charge is 0.480 e. The molecule has 1 aliphatic rings. The number of likely N-dealkylation sites (tertiary alicyclic amines) is 1. The van der Waals surface area contributed by atoms with Gasteiger partial charge in [0.1, 0.15) is 5.75 Å². The molecule has 0 saturated carbocycles. The summed E-state index contributed by atoms with van der Waals surface area (Å²) in [5, 5.41) is 0. The van der Waals surface area contributed by atoms with E-state index in [0.29, 0.717) is 32.4 Å². The number of ether oxygens (including phenoxy) is 1. The van der Waals surface area contributed by atoms with Crippen LogP contribution >= 0.6 is 0 Å². The highest BCUT2D eigenvalue weighted by Gasteiger charge is 2.30. The number of carbonyl (C=O) groups is 2. The molecule has 1 saturated heterocycles. The van der Waals surface area contributed by atoms with Crippen molar-refractivity contribution in [2.45, 2.75) is 46.1 Å². The van der Waals surface area contributed by atoms with Gasteiger partial charge in [0.15, 0.2) is 6.10 Å². The van der Waals surface area contributed by atoms with Crippen molar-refractivity contribution in [1.82, 2.24) is 4.90 Å². The molecule has 0 bridgehead atoms. The monoisotopic (exact) mass is 318 g/mol. The Morgan fingerprint density at radius 3 is 2.52 bits per heavy atom. The molecule has 5 nitrogen and oxygen atoms in total. The molecule has 1 aromatic rings. The van der Waals surface area contributed by atoms with Gasteiger partial charge in [-0.1, -0.05) is 19.1 Å². The Balaban J connectivity index is 2.02. The van der Waals surface area contributed by atoms with Crippen LogP contribution in [0.15, 0.2) is 18.2 Å². The first-order chi connectivity index (χ1) is 10.9. The van der Waals surface area contributed by atoms with Gasteiger partial charge in [-0.15, -0.1) is 0 Å². The van der Waals surface area contributed by atoms with E-state index in [0.717, 1.165) is 16.9 Å². The van der Waals surface area contributed by atoms with Crippen molar-refractivity contribution in [3.05, 3.63) is 29.3 Å². The van der Waals surface area contributed by atoms with Gasteiger partial charge in [-0.2, -0.15) is 0 Å². The lowest BCUT2D eigenvalue weighted by molar-refractivity contribution is -0.141. The number of nitrogens with two attached hydrogens (primary N) is 1. The summed E-state index contributed by atoms with van der Waals surface area (Å²) in [5.41, 5.74) is 7.55. The molecular formula is C18H26N2O3. The van der Waals surface area contributed by atoms with Crippen LogP contribution in [0.5, 0.6) is 5.75 Å². The fraction of sp³-hybridized carbons (Fsp3) is 0.556. The minimum atomic E-state index is -0.486. The van der Waals surface area contributed by atoms with Crippen LogP contribution < -0.4 is 10.5 Å². The summed E-state index contributed by atoms with van der Waals surface area (Å²) in [4.78, 5) is 25.7. The zero-order valence-electron chi connectivity index (χ0n) is 14.2. The number of benzene rings is 1. The fourth-order valence-electron chi connectivity index (χ4n) is 2.90. The third kappa shape index (κ3) is 4.03. The van der Waals surface area contributed by atoms with Crippen molar-refractivity contribution >= 4 is 11.8 Å². The molecule has 0 aliphatic carbocycles. The Morgan fingerprint density at radius 2 is 1.96 bits per heavy atom. The number of rotatable bonds is 5. The van der Waals surface area contributed by atoms with Crippen molar-refractivity contribution in [2.24, 2.45) is 11.7 Å². The zero-order valence-corrected chi connectivity index (χ0v) is 14.2. The van der Waals surface area contributed by atoms with Crippen LogP contribution in [0, 0.1) is 19.8 Å². The van der Waals surface area contributed by atoms with Crippen molar-refractivity contribution < 1.29 is 14.3 Å². The van der Waals surface area contributed by atoms with Gasteiger partial charge in [-0.05, 0) is 50.3 Å². The number of amides is 2. The average molecular weight is 318 g/mol. The lowest BCUT2D eigenvalue weighted by Crippen LogP contribution is -2.47. The Kier molecular flexibility index (Phi) is 5.64. The van der Waals surface area contributed by atoms with Crippen LogP contribution in [0.1, 0.15) is 37.3 Å². The molecule has 2 N–H and O–H groups in total. The second-order valence-electron chi connectivity index (χ2n) is 6.21. The van der Waals surface area contributed by atoms with Gasteiger partial charge >= 0.3 is 0 Å². The number of hydrogen-bond acceptors (Lipinski definition) is 3.